The Morgan fingerprint density at radius 2 is 1.69 bits per heavy atom. The van der Waals surface area contributed by atoms with Crippen LogP contribution in [0.4, 0.5) is 0 Å². The van der Waals surface area contributed by atoms with Gasteiger partial charge in [-0.1, -0.05) is 101 Å². The summed E-state index contributed by atoms with van der Waals surface area (Å²) in [5, 5.41) is 0. The Kier molecular flexibility index (Phi) is 5.95. The molecular weight excluding hydrogens is 420 g/mol. The Bertz CT molecular complexity index is 1240. The third kappa shape index (κ3) is 3.04. The van der Waals surface area contributed by atoms with E-state index in [0.29, 0.717) is 11.8 Å². The summed E-state index contributed by atoms with van der Waals surface area (Å²) >= 11 is 0. The Labute approximate surface area is 215 Å². The monoisotopic (exact) mass is 466 g/mol. The first-order valence-corrected chi connectivity index (χ1v) is 13.4. The van der Waals surface area contributed by atoms with Crippen molar-refractivity contribution in [2.45, 2.75) is 87.5 Å². The molecule has 1 aromatic carbocycles. The largest absolute Gasteiger partial charge is 0.0999 e. The second-order valence-electron chi connectivity index (χ2n) is 12.5. The summed E-state index contributed by atoms with van der Waals surface area (Å²) in [5.74, 6) is 0.814. The van der Waals surface area contributed by atoms with E-state index in [2.05, 4.69) is 93.7 Å². The topological polar surface area (TPSA) is 0 Å². The Hall–Kier alpha value is -2.34. The fourth-order valence-electron chi connectivity index (χ4n) is 8.76. The first-order chi connectivity index (χ1) is 16.2. The van der Waals surface area contributed by atoms with Gasteiger partial charge in [0.05, 0.1) is 0 Å². The van der Waals surface area contributed by atoms with Crippen molar-refractivity contribution in [2.24, 2.45) is 22.2 Å². The molecule has 5 atom stereocenters. The van der Waals surface area contributed by atoms with E-state index in [0.717, 1.165) is 24.8 Å². The number of allylic oxidation sites excluding steroid dienone is 8. The van der Waals surface area contributed by atoms with Crippen LogP contribution in [0.1, 0.15) is 97.3 Å². The fraction of sp³-hybridized carbons (Fsp3) is 0.486. The summed E-state index contributed by atoms with van der Waals surface area (Å²) in [5.41, 5.74) is 14.6. The van der Waals surface area contributed by atoms with Crippen molar-refractivity contribution in [3.8, 4) is 0 Å². The number of benzene rings is 1. The van der Waals surface area contributed by atoms with Crippen LogP contribution in [0, 0.1) is 29.1 Å². The van der Waals surface area contributed by atoms with Crippen LogP contribution >= 0.6 is 0 Å². The van der Waals surface area contributed by atoms with Gasteiger partial charge in [-0.15, -0.1) is 0 Å². The van der Waals surface area contributed by atoms with E-state index in [1.165, 1.54) is 55.7 Å². The van der Waals surface area contributed by atoms with Crippen LogP contribution in [0.15, 0.2) is 83.5 Å². The van der Waals surface area contributed by atoms with Gasteiger partial charge in [-0.2, -0.15) is 0 Å². The van der Waals surface area contributed by atoms with E-state index in [9.17, 15) is 0 Å². The molecule has 0 saturated carbocycles. The molecule has 186 valence electrons. The van der Waals surface area contributed by atoms with Gasteiger partial charge < -0.3 is 0 Å². The lowest BCUT2D eigenvalue weighted by atomic mass is 9.36. The van der Waals surface area contributed by atoms with Gasteiger partial charge >= 0.3 is 0 Å². The molecule has 0 nitrogen and oxygen atoms in total. The molecule has 35 heavy (non-hydrogen) atoms. The van der Waals surface area contributed by atoms with Crippen molar-refractivity contribution in [1.29, 1.82) is 0 Å². The first-order valence-electron chi connectivity index (χ1n) is 13.4. The summed E-state index contributed by atoms with van der Waals surface area (Å²) in [7, 11) is 0. The van der Waals surface area contributed by atoms with Crippen molar-refractivity contribution in [3.63, 3.8) is 0 Å². The quantitative estimate of drug-likeness (QED) is 0.387. The van der Waals surface area contributed by atoms with E-state index in [-0.39, 0.29) is 16.2 Å². The molecule has 0 spiro atoms. The van der Waals surface area contributed by atoms with Gasteiger partial charge in [0.25, 0.3) is 0 Å². The molecule has 0 heteroatoms. The van der Waals surface area contributed by atoms with Crippen LogP contribution in [0.5, 0.6) is 0 Å². The van der Waals surface area contributed by atoms with Gasteiger partial charge in [0.1, 0.15) is 0 Å². The molecule has 0 fully saturated rings. The molecule has 0 unspecified atom stereocenters. The van der Waals surface area contributed by atoms with Crippen molar-refractivity contribution in [3.05, 3.63) is 100 Å². The smallest absolute Gasteiger partial charge is 0.0197 e. The molecule has 3 aliphatic carbocycles. The number of hydrogen-bond donors (Lipinski definition) is 0. The summed E-state index contributed by atoms with van der Waals surface area (Å²) in [6.07, 6.45) is 3.12. The Morgan fingerprint density at radius 3 is 2.26 bits per heavy atom. The van der Waals surface area contributed by atoms with E-state index < -0.39 is 0 Å². The molecule has 0 amide bonds. The van der Waals surface area contributed by atoms with Gasteiger partial charge in [-0.25, -0.2) is 0 Å². The van der Waals surface area contributed by atoms with Crippen molar-refractivity contribution in [1.82, 2.24) is 0 Å². The highest BCUT2D eigenvalue weighted by atomic mass is 14.7. The molecule has 0 N–H and O–H groups in total. The maximum atomic E-state index is 4.81. The number of hydrogen-bond acceptors (Lipinski definition) is 0. The zero-order valence-corrected chi connectivity index (χ0v) is 23.8. The summed E-state index contributed by atoms with van der Waals surface area (Å²) in [6.45, 7) is 39.9. The van der Waals surface area contributed by atoms with Gasteiger partial charge in [0, 0.05) is 10.8 Å². The summed E-state index contributed by atoms with van der Waals surface area (Å²) in [6, 6.07) is 6.82. The minimum Gasteiger partial charge on any atom is -0.0999 e. The SMILES string of the molecule is C=C(CC)C[C@@H]1[C@]2(C)C(=C(C)[C@@]3(C)C(=C)C(C(=C)C)=C(C)C[C@@]13C)C(=C)c1c(C)cccc1[C@H]2C. The van der Waals surface area contributed by atoms with Crippen LogP contribution in [0.3, 0.4) is 0 Å². The molecule has 3 aliphatic rings. The molecular formula is C35H46. The normalized spacial score (nSPS) is 34.4. The van der Waals surface area contributed by atoms with Crippen LogP contribution in [0.2, 0.25) is 0 Å². The average Bonchev–Trinajstić information content (AvgIpc) is 2.77. The number of aryl methyl sites for hydroxylation is 1. The number of rotatable bonds is 4. The zero-order chi connectivity index (χ0) is 26.2. The molecule has 0 radical (unpaired) electrons. The van der Waals surface area contributed by atoms with Crippen molar-refractivity contribution >= 4 is 5.57 Å². The Balaban J connectivity index is 2.15. The lowest BCUT2D eigenvalue weighted by Gasteiger charge is -2.67. The van der Waals surface area contributed by atoms with E-state index in [4.69, 9.17) is 13.2 Å². The summed E-state index contributed by atoms with van der Waals surface area (Å²) < 4.78 is 0. The molecule has 0 saturated heterocycles. The van der Waals surface area contributed by atoms with Crippen molar-refractivity contribution in [2.75, 3.05) is 0 Å². The minimum absolute atomic E-state index is 0.0173. The van der Waals surface area contributed by atoms with E-state index >= 15 is 0 Å². The van der Waals surface area contributed by atoms with Crippen LogP contribution in [0.25, 0.3) is 5.57 Å². The zero-order valence-electron chi connectivity index (χ0n) is 23.8. The van der Waals surface area contributed by atoms with Gasteiger partial charge in [0.15, 0.2) is 0 Å². The minimum atomic E-state index is -0.169. The standard InChI is InChI=1S/C35H46/c1-14-21(4)18-29-33(11)19-23(6)30(20(2)3)26(9)35(33,13)27(10)32-24(7)31-22(5)16-15-17-28(31)25(8)34(29,32)12/h15-17,25,29H,2,4,7,9,14,18-19H2,1,3,5-6,8,10-13H3/t25-,29+,33+,34-,35-/m1/s1. The highest BCUT2D eigenvalue weighted by Crippen LogP contribution is 2.75. The molecule has 0 aliphatic heterocycles. The molecule has 1 aromatic rings. The van der Waals surface area contributed by atoms with Crippen LogP contribution < -0.4 is 0 Å². The third-order valence-corrected chi connectivity index (χ3v) is 11.0. The average molecular weight is 467 g/mol. The van der Waals surface area contributed by atoms with Gasteiger partial charge in [-0.3, -0.25) is 0 Å². The summed E-state index contributed by atoms with van der Waals surface area (Å²) in [4.78, 5) is 0. The van der Waals surface area contributed by atoms with Crippen LogP contribution in [-0.4, -0.2) is 0 Å². The van der Waals surface area contributed by atoms with Gasteiger partial charge in [-0.05, 0) is 103 Å². The number of fused-ring (bicyclic) bond motifs is 3. The first kappa shape index (κ1) is 25.7. The molecule has 0 bridgehead atoms. The fourth-order valence-corrected chi connectivity index (χ4v) is 8.76. The van der Waals surface area contributed by atoms with E-state index in [1.807, 2.05) is 0 Å². The lowest BCUT2D eigenvalue weighted by molar-refractivity contribution is -0.0370. The van der Waals surface area contributed by atoms with Gasteiger partial charge in [0.2, 0.25) is 0 Å². The van der Waals surface area contributed by atoms with Crippen LogP contribution in [-0.2, 0) is 0 Å². The molecule has 0 aromatic heterocycles. The maximum absolute atomic E-state index is 4.81. The Morgan fingerprint density at radius 1 is 1.06 bits per heavy atom. The highest BCUT2D eigenvalue weighted by Gasteiger charge is 2.66. The predicted molar refractivity (Wildman–Crippen MR) is 154 cm³/mol. The molecule has 4 rings (SSSR count). The van der Waals surface area contributed by atoms with E-state index in [1.54, 1.807) is 0 Å². The molecule has 0 heterocycles. The second kappa shape index (κ2) is 8.09. The maximum Gasteiger partial charge on any atom is 0.0197 e. The third-order valence-electron chi connectivity index (χ3n) is 11.0. The predicted octanol–water partition coefficient (Wildman–Crippen LogP) is 10.3. The second-order valence-corrected chi connectivity index (χ2v) is 12.5. The van der Waals surface area contributed by atoms with Crippen molar-refractivity contribution < 1.29 is 0 Å². The highest BCUT2D eigenvalue weighted by molar-refractivity contribution is 5.87. The lowest BCUT2D eigenvalue weighted by Crippen LogP contribution is -2.59.